The van der Waals surface area contributed by atoms with Crippen LogP contribution < -0.4 is 5.32 Å². The lowest BCUT2D eigenvalue weighted by molar-refractivity contribution is 0.234. The third-order valence-electron chi connectivity index (χ3n) is 3.40. The standard InChI is InChI=1S/C14H22N2.C2H6/c1-12-4-3-5-13(10-12)11-15-14-6-8-16(2)9-7-14;1-2/h3-5,10,14-15H,6-9,11H2,1-2H3;1-2H3. The van der Waals surface area contributed by atoms with Crippen molar-refractivity contribution < 1.29 is 0 Å². The smallest absolute Gasteiger partial charge is 0.0208 e. The van der Waals surface area contributed by atoms with Crippen LogP contribution in [0.1, 0.15) is 37.8 Å². The minimum absolute atomic E-state index is 0.705. The number of likely N-dealkylation sites (tertiary alicyclic amines) is 1. The van der Waals surface area contributed by atoms with Gasteiger partial charge >= 0.3 is 0 Å². The van der Waals surface area contributed by atoms with E-state index in [9.17, 15) is 0 Å². The number of nitrogens with one attached hydrogen (secondary N) is 1. The molecule has 1 saturated heterocycles. The number of hydrogen-bond acceptors (Lipinski definition) is 2. The maximum atomic E-state index is 3.66. The van der Waals surface area contributed by atoms with Crippen LogP contribution in [0.15, 0.2) is 24.3 Å². The Balaban J connectivity index is 0.000000771. The van der Waals surface area contributed by atoms with Crippen LogP contribution in [-0.4, -0.2) is 31.1 Å². The molecule has 0 aliphatic carbocycles. The van der Waals surface area contributed by atoms with Gasteiger partial charge in [0.15, 0.2) is 0 Å². The maximum absolute atomic E-state index is 3.66. The first kappa shape index (κ1) is 15.2. The lowest BCUT2D eigenvalue weighted by atomic mass is 10.0. The fourth-order valence-electron chi connectivity index (χ4n) is 2.30. The van der Waals surface area contributed by atoms with Crippen LogP contribution in [0, 0.1) is 6.92 Å². The predicted molar refractivity (Wildman–Crippen MR) is 79.9 cm³/mol. The molecule has 1 fully saturated rings. The van der Waals surface area contributed by atoms with Crippen molar-refractivity contribution in [2.45, 2.75) is 46.2 Å². The molecule has 0 saturated carbocycles. The van der Waals surface area contributed by atoms with Crippen LogP contribution in [0.25, 0.3) is 0 Å². The lowest BCUT2D eigenvalue weighted by Crippen LogP contribution is -2.40. The summed E-state index contributed by atoms with van der Waals surface area (Å²) in [6, 6.07) is 9.47. The van der Waals surface area contributed by atoms with Crippen LogP contribution in [0.3, 0.4) is 0 Å². The monoisotopic (exact) mass is 248 g/mol. The lowest BCUT2D eigenvalue weighted by Gasteiger charge is -2.29. The normalized spacial score (nSPS) is 17.1. The van der Waals surface area contributed by atoms with E-state index in [1.165, 1.54) is 37.1 Å². The highest BCUT2D eigenvalue weighted by atomic mass is 15.1. The first-order chi connectivity index (χ1) is 8.74. The van der Waals surface area contributed by atoms with E-state index >= 15 is 0 Å². The van der Waals surface area contributed by atoms with Gasteiger partial charge in [-0.25, -0.2) is 0 Å². The molecule has 0 amide bonds. The van der Waals surface area contributed by atoms with E-state index in [4.69, 9.17) is 0 Å². The molecule has 0 aromatic heterocycles. The molecule has 1 aliphatic rings. The van der Waals surface area contributed by atoms with Crippen molar-refractivity contribution in [2.24, 2.45) is 0 Å². The minimum atomic E-state index is 0.705. The Hall–Kier alpha value is -0.860. The molecule has 1 heterocycles. The second kappa shape index (κ2) is 8.28. The summed E-state index contributed by atoms with van der Waals surface area (Å²) in [5, 5.41) is 3.66. The zero-order chi connectivity index (χ0) is 13.4. The summed E-state index contributed by atoms with van der Waals surface area (Å²) in [4.78, 5) is 2.41. The van der Waals surface area contributed by atoms with E-state index in [-0.39, 0.29) is 0 Å². The Labute approximate surface area is 112 Å². The fraction of sp³-hybridized carbons (Fsp3) is 0.625. The van der Waals surface area contributed by atoms with Gasteiger partial charge < -0.3 is 10.2 Å². The summed E-state index contributed by atoms with van der Waals surface area (Å²) >= 11 is 0. The molecule has 2 rings (SSSR count). The van der Waals surface area contributed by atoms with E-state index in [1.807, 2.05) is 13.8 Å². The number of nitrogens with zero attached hydrogens (tertiary/aromatic N) is 1. The van der Waals surface area contributed by atoms with Gasteiger partial charge in [-0.15, -0.1) is 0 Å². The van der Waals surface area contributed by atoms with E-state index in [2.05, 4.69) is 48.5 Å². The van der Waals surface area contributed by atoms with Crippen LogP contribution in [-0.2, 0) is 6.54 Å². The third-order valence-corrected chi connectivity index (χ3v) is 3.40. The van der Waals surface area contributed by atoms with Crippen molar-refractivity contribution in [3.63, 3.8) is 0 Å². The predicted octanol–water partition coefficient (Wildman–Crippen LogP) is 3.21. The van der Waals surface area contributed by atoms with Gasteiger partial charge in [-0.1, -0.05) is 43.7 Å². The highest BCUT2D eigenvalue weighted by Gasteiger charge is 2.15. The Morgan fingerprint density at radius 2 is 1.89 bits per heavy atom. The highest BCUT2D eigenvalue weighted by molar-refractivity contribution is 5.22. The molecule has 1 aromatic carbocycles. The maximum Gasteiger partial charge on any atom is 0.0208 e. The summed E-state index contributed by atoms with van der Waals surface area (Å²) in [7, 11) is 2.21. The Morgan fingerprint density at radius 1 is 1.22 bits per heavy atom. The van der Waals surface area contributed by atoms with Crippen molar-refractivity contribution in [3.05, 3.63) is 35.4 Å². The van der Waals surface area contributed by atoms with Gasteiger partial charge in [0.25, 0.3) is 0 Å². The molecule has 0 spiro atoms. The molecular formula is C16H28N2. The number of piperidine rings is 1. The second-order valence-electron chi connectivity index (χ2n) is 4.95. The molecule has 2 nitrogen and oxygen atoms in total. The van der Waals surface area contributed by atoms with Gasteiger partial charge in [0.1, 0.15) is 0 Å². The fourth-order valence-corrected chi connectivity index (χ4v) is 2.30. The molecular weight excluding hydrogens is 220 g/mol. The first-order valence-electron chi connectivity index (χ1n) is 7.21. The molecule has 0 unspecified atom stereocenters. The first-order valence-corrected chi connectivity index (χ1v) is 7.21. The largest absolute Gasteiger partial charge is 0.310 e. The highest BCUT2D eigenvalue weighted by Crippen LogP contribution is 2.10. The Kier molecular flexibility index (Phi) is 6.99. The van der Waals surface area contributed by atoms with Crippen LogP contribution in [0.2, 0.25) is 0 Å². The second-order valence-corrected chi connectivity index (χ2v) is 4.95. The molecule has 18 heavy (non-hydrogen) atoms. The average Bonchev–Trinajstić information content (AvgIpc) is 2.41. The SMILES string of the molecule is CC.Cc1cccc(CNC2CCN(C)CC2)c1. The molecule has 0 radical (unpaired) electrons. The summed E-state index contributed by atoms with van der Waals surface area (Å²) in [6.07, 6.45) is 2.56. The van der Waals surface area contributed by atoms with E-state index < -0.39 is 0 Å². The van der Waals surface area contributed by atoms with Gasteiger partial charge in [-0.3, -0.25) is 0 Å². The molecule has 1 N–H and O–H groups in total. The molecule has 102 valence electrons. The molecule has 2 heteroatoms. The molecule has 0 bridgehead atoms. The van der Waals surface area contributed by atoms with Crippen molar-refractivity contribution in [1.29, 1.82) is 0 Å². The number of benzene rings is 1. The minimum Gasteiger partial charge on any atom is -0.310 e. The summed E-state index contributed by atoms with van der Waals surface area (Å²) < 4.78 is 0. The van der Waals surface area contributed by atoms with Crippen LogP contribution in [0.4, 0.5) is 0 Å². The number of aryl methyl sites for hydroxylation is 1. The topological polar surface area (TPSA) is 15.3 Å². The van der Waals surface area contributed by atoms with Gasteiger partial charge in [0.05, 0.1) is 0 Å². The third kappa shape index (κ3) is 5.19. The van der Waals surface area contributed by atoms with Gasteiger partial charge in [0.2, 0.25) is 0 Å². The summed E-state index contributed by atoms with van der Waals surface area (Å²) in [5.41, 5.74) is 2.75. The van der Waals surface area contributed by atoms with E-state index in [1.54, 1.807) is 0 Å². The van der Waals surface area contributed by atoms with Crippen LogP contribution in [0.5, 0.6) is 0 Å². The zero-order valence-corrected chi connectivity index (χ0v) is 12.4. The van der Waals surface area contributed by atoms with Gasteiger partial charge in [-0.05, 0) is 45.5 Å². The zero-order valence-electron chi connectivity index (χ0n) is 12.4. The Morgan fingerprint density at radius 3 is 2.50 bits per heavy atom. The van der Waals surface area contributed by atoms with Crippen LogP contribution >= 0.6 is 0 Å². The molecule has 1 aliphatic heterocycles. The van der Waals surface area contributed by atoms with Crippen molar-refractivity contribution in [2.75, 3.05) is 20.1 Å². The van der Waals surface area contributed by atoms with Crippen molar-refractivity contribution >= 4 is 0 Å². The molecule has 1 aromatic rings. The van der Waals surface area contributed by atoms with Crippen molar-refractivity contribution in [3.8, 4) is 0 Å². The average molecular weight is 248 g/mol. The quantitative estimate of drug-likeness (QED) is 0.883. The van der Waals surface area contributed by atoms with E-state index in [0.717, 1.165) is 6.54 Å². The molecule has 0 atom stereocenters. The van der Waals surface area contributed by atoms with Crippen molar-refractivity contribution in [1.82, 2.24) is 10.2 Å². The van der Waals surface area contributed by atoms with Gasteiger partial charge in [0, 0.05) is 12.6 Å². The summed E-state index contributed by atoms with van der Waals surface area (Å²) in [6.45, 7) is 9.62. The summed E-state index contributed by atoms with van der Waals surface area (Å²) in [5.74, 6) is 0. The van der Waals surface area contributed by atoms with Gasteiger partial charge in [-0.2, -0.15) is 0 Å². The van der Waals surface area contributed by atoms with E-state index in [0.29, 0.717) is 6.04 Å². The number of rotatable bonds is 3. The Bertz CT molecular complexity index is 328. The number of hydrogen-bond donors (Lipinski definition) is 1.